The number of hydrogen-bond donors (Lipinski definition) is 0. The van der Waals surface area contributed by atoms with Gasteiger partial charge in [-0.15, -0.1) is 0 Å². The van der Waals surface area contributed by atoms with Crippen LogP contribution in [0.4, 0.5) is 0 Å². The molecule has 0 aliphatic carbocycles. The first-order chi connectivity index (χ1) is 14.3. The molecule has 0 bridgehead atoms. The molecule has 0 spiro atoms. The summed E-state index contributed by atoms with van der Waals surface area (Å²) < 4.78 is 58.5. The van der Waals surface area contributed by atoms with Gasteiger partial charge in [0.15, 0.2) is 9.84 Å². The van der Waals surface area contributed by atoms with Gasteiger partial charge in [0, 0.05) is 13.1 Å². The second-order valence-electron chi connectivity index (χ2n) is 7.33. The molecule has 0 unspecified atom stereocenters. The summed E-state index contributed by atoms with van der Waals surface area (Å²) in [5, 5.41) is 1.23. The number of sulfone groups is 1. The normalized spacial score (nSPS) is 16.6. The lowest BCUT2D eigenvalue weighted by molar-refractivity contribution is 0.345. The van der Waals surface area contributed by atoms with Gasteiger partial charge in [-0.1, -0.05) is 30.3 Å². The lowest BCUT2D eigenvalue weighted by Crippen LogP contribution is -2.42. The molecule has 0 amide bonds. The van der Waals surface area contributed by atoms with Crippen LogP contribution in [0.2, 0.25) is 0 Å². The first-order valence-electron chi connectivity index (χ1n) is 9.69. The highest BCUT2D eigenvalue weighted by molar-refractivity contribution is 7.92. The summed E-state index contributed by atoms with van der Waals surface area (Å²) in [6.07, 6.45) is 0.530. The summed E-state index contributed by atoms with van der Waals surface area (Å²) >= 11 is 0. The summed E-state index contributed by atoms with van der Waals surface area (Å²) in [4.78, 5) is 0.469. The zero-order valence-corrected chi connectivity index (χ0v) is 18.2. The number of piperidine rings is 1. The summed E-state index contributed by atoms with van der Waals surface area (Å²) in [6.45, 7) is 0.352. The van der Waals surface area contributed by atoms with Crippen LogP contribution in [0.5, 0.6) is 5.75 Å². The molecule has 1 aliphatic rings. The predicted molar refractivity (Wildman–Crippen MR) is 116 cm³/mol. The number of nitrogens with zero attached hydrogens (tertiary/aromatic N) is 1. The van der Waals surface area contributed by atoms with E-state index in [2.05, 4.69) is 0 Å². The van der Waals surface area contributed by atoms with Crippen LogP contribution in [0.15, 0.2) is 76.5 Å². The Kier molecular flexibility index (Phi) is 5.57. The smallest absolute Gasteiger partial charge is 0.243 e. The zero-order valence-electron chi connectivity index (χ0n) is 16.6. The molecule has 0 aromatic heterocycles. The Morgan fingerprint density at radius 3 is 2.03 bits per heavy atom. The number of rotatable bonds is 5. The summed E-state index contributed by atoms with van der Waals surface area (Å²) in [5.74, 6) is 0.588. The molecule has 3 aromatic rings. The molecule has 0 atom stereocenters. The van der Waals surface area contributed by atoms with Crippen LogP contribution in [-0.2, 0) is 19.9 Å². The van der Waals surface area contributed by atoms with Crippen molar-refractivity contribution in [3.63, 3.8) is 0 Å². The average molecular weight is 446 g/mol. The van der Waals surface area contributed by atoms with E-state index in [0.717, 1.165) is 10.8 Å². The fourth-order valence-corrected chi connectivity index (χ4v) is 7.05. The van der Waals surface area contributed by atoms with Gasteiger partial charge < -0.3 is 4.74 Å². The Morgan fingerprint density at radius 1 is 0.800 bits per heavy atom. The van der Waals surface area contributed by atoms with E-state index in [4.69, 9.17) is 4.74 Å². The molecule has 1 saturated heterocycles. The van der Waals surface area contributed by atoms with E-state index in [0.29, 0.717) is 5.75 Å². The van der Waals surface area contributed by atoms with Crippen LogP contribution in [0, 0.1) is 0 Å². The van der Waals surface area contributed by atoms with E-state index in [1.165, 1.54) is 23.5 Å². The maximum absolute atomic E-state index is 13.1. The van der Waals surface area contributed by atoms with Gasteiger partial charge in [-0.25, -0.2) is 16.8 Å². The van der Waals surface area contributed by atoms with E-state index in [9.17, 15) is 16.8 Å². The molecular weight excluding hydrogens is 422 g/mol. The highest BCUT2D eigenvalue weighted by atomic mass is 32.2. The highest BCUT2D eigenvalue weighted by Gasteiger charge is 2.35. The number of fused-ring (bicyclic) bond motifs is 1. The summed E-state index contributed by atoms with van der Waals surface area (Å²) in [5.41, 5.74) is 0. The minimum atomic E-state index is -3.67. The van der Waals surface area contributed by atoms with Gasteiger partial charge in [-0.2, -0.15) is 4.31 Å². The first-order valence-corrected chi connectivity index (χ1v) is 12.7. The number of ether oxygens (including phenoxy) is 1. The Hall–Kier alpha value is -2.42. The van der Waals surface area contributed by atoms with E-state index in [1.54, 1.807) is 30.3 Å². The third kappa shape index (κ3) is 3.82. The molecule has 0 saturated carbocycles. The van der Waals surface area contributed by atoms with Crippen molar-refractivity contribution in [1.82, 2.24) is 4.31 Å². The van der Waals surface area contributed by atoms with Crippen molar-refractivity contribution in [2.75, 3.05) is 20.2 Å². The number of hydrogen-bond acceptors (Lipinski definition) is 5. The van der Waals surface area contributed by atoms with Crippen LogP contribution in [0.3, 0.4) is 0 Å². The van der Waals surface area contributed by atoms with Crippen molar-refractivity contribution in [2.45, 2.75) is 27.9 Å². The van der Waals surface area contributed by atoms with Gasteiger partial charge in [0.05, 0.1) is 22.2 Å². The van der Waals surface area contributed by atoms with E-state index < -0.39 is 25.1 Å². The third-order valence-corrected chi connectivity index (χ3v) is 9.76. The van der Waals surface area contributed by atoms with Crippen LogP contribution in [0.25, 0.3) is 10.8 Å². The molecule has 3 aromatic carbocycles. The minimum Gasteiger partial charge on any atom is -0.497 e. The molecule has 6 nitrogen and oxygen atoms in total. The molecule has 0 N–H and O–H groups in total. The minimum absolute atomic E-state index is 0.176. The second-order valence-corrected chi connectivity index (χ2v) is 11.5. The molecule has 0 radical (unpaired) electrons. The van der Waals surface area contributed by atoms with Gasteiger partial charge >= 0.3 is 0 Å². The molecule has 1 heterocycles. The van der Waals surface area contributed by atoms with Gasteiger partial charge in [-0.05, 0) is 60.0 Å². The molecular formula is C22H23NO5S2. The predicted octanol–water partition coefficient (Wildman–Crippen LogP) is 3.48. The Balaban J connectivity index is 1.51. The molecule has 1 fully saturated rings. The maximum atomic E-state index is 13.1. The van der Waals surface area contributed by atoms with Crippen molar-refractivity contribution < 1.29 is 21.6 Å². The molecule has 158 valence electrons. The average Bonchev–Trinajstić information content (AvgIpc) is 2.78. The third-order valence-electron chi connectivity index (χ3n) is 5.59. The topological polar surface area (TPSA) is 80.8 Å². The van der Waals surface area contributed by atoms with Gasteiger partial charge in [0.1, 0.15) is 5.75 Å². The molecule has 8 heteroatoms. The number of sulfonamides is 1. The summed E-state index contributed by atoms with van der Waals surface area (Å²) in [6, 6.07) is 19.0. The quantitative estimate of drug-likeness (QED) is 0.601. The monoisotopic (exact) mass is 445 g/mol. The van der Waals surface area contributed by atoms with Crippen LogP contribution >= 0.6 is 0 Å². The van der Waals surface area contributed by atoms with Crippen molar-refractivity contribution in [2.24, 2.45) is 0 Å². The standard InChI is InChI=1S/C22H23NO5S2/c1-28-19-7-10-20(11-8-19)29(24,25)21-12-14-23(15-13-21)30(26,27)22-9-6-17-4-2-3-5-18(17)16-22/h2-11,16,21H,12-15H2,1H3. The van der Waals surface area contributed by atoms with Crippen molar-refractivity contribution in [1.29, 1.82) is 0 Å². The Morgan fingerprint density at radius 2 is 1.40 bits per heavy atom. The number of benzene rings is 3. The van der Waals surface area contributed by atoms with Crippen LogP contribution < -0.4 is 4.74 Å². The second kappa shape index (κ2) is 8.02. The molecule has 30 heavy (non-hydrogen) atoms. The maximum Gasteiger partial charge on any atom is 0.243 e. The Bertz CT molecular complexity index is 1260. The molecule has 1 aliphatic heterocycles. The van der Waals surface area contributed by atoms with Crippen molar-refractivity contribution in [3.05, 3.63) is 66.7 Å². The Labute approximate surface area is 177 Å². The van der Waals surface area contributed by atoms with Gasteiger partial charge in [-0.3, -0.25) is 0 Å². The van der Waals surface area contributed by atoms with Crippen molar-refractivity contribution in [3.8, 4) is 5.75 Å². The first kappa shape index (κ1) is 20.8. The zero-order chi connectivity index (χ0) is 21.4. The van der Waals surface area contributed by atoms with Gasteiger partial charge in [0.2, 0.25) is 10.0 Å². The van der Waals surface area contributed by atoms with E-state index >= 15 is 0 Å². The van der Waals surface area contributed by atoms with Crippen LogP contribution in [0.1, 0.15) is 12.8 Å². The lowest BCUT2D eigenvalue weighted by atomic mass is 10.1. The van der Waals surface area contributed by atoms with E-state index in [-0.39, 0.29) is 35.7 Å². The lowest BCUT2D eigenvalue weighted by Gasteiger charge is -2.31. The summed E-state index contributed by atoms with van der Waals surface area (Å²) in [7, 11) is -5.68. The fraction of sp³-hybridized carbons (Fsp3) is 0.273. The fourth-order valence-electron chi connectivity index (χ4n) is 3.82. The molecule has 4 rings (SSSR count). The highest BCUT2D eigenvalue weighted by Crippen LogP contribution is 2.29. The largest absolute Gasteiger partial charge is 0.497 e. The van der Waals surface area contributed by atoms with Crippen LogP contribution in [-0.4, -0.2) is 46.6 Å². The SMILES string of the molecule is COc1ccc(S(=O)(=O)C2CCN(S(=O)(=O)c3ccc4ccccc4c3)CC2)cc1. The van der Waals surface area contributed by atoms with Crippen molar-refractivity contribution >= 4 is 30.6 Å². The number of methoxy groups -OCH3 is 1. The van der Waals surface area contributed by atoms with E-state index in [1.807, 2.05) is 24.3 Å². The van der Waals surface area contributed by atoms with Gasteiger partial charge in [0.25, 0.3) is 0 Å².